The van der Waals surface area contributed by atoms with Crippen LogP contribution in [0.1, 0.15) is 0 Å². The van der Waals surface area contributed by atoms with E-state index in [1.165, 1.54) is 65.3 Å². The Bertz CT molecular complexity index is 2380. The quantitative estimate of drug-likeness (QED) is 0.183. The Morgan fingerprint density at radius 2 is 0.521 bits per heavy atom. The minimum absolute atomic E-state index is 1.08. The number of hydrogen-bond donors (Lipinski definition) is 2. The molecule has 2 nitrogen and oxygen atoms in total. The maximum atomic E-state index is 3.83. The zero-order valence-corrected chi connectivity index (χ0v) is 26.3. The van der Waals surface area contributed by atoms with Gasteiger partial charge in [0.15, 0.2) is 0 Å². The van der Waals surface area contributed by atoms with Crippen LogP contribution in [-0.2, 0) is 0 Å². The molecule has 9 aromatic carbocycles. The molecule has 0 spiro atoms. The second-order valence-electron chi connectivity index (χ2n) is 12.2. The molecular weight excluding hydrogens is 581 g/mol. The minimum Gasteiger partial charge on any atom is -0.355 e. The summed E-state index contributed by atoms with van der Waals surface area (Å²) < 4.78 is 0. The normalized spacial score (nSPS) is 11.3. The summed E-state index contributed by atoms with van der Waals surface area (Å²) in [6.07, 6.45) is 0. The summed E-state index contributed by atoms with van der Waals surface area (Å²) in [7, 11) is 0. The maximum absolute atomic E-state index is 3.83. The number of fused-ring (bicyclic) bond motifs is 4. The van der Waals surface area contributed by atoms with Crippen LogP contribution in [0.5, 0.6) is 0 Å². The molecule has 0 atom stereocenters. The summed E-state index contributed by atoms with van der Waals surface area (Å²) in [5, 5.41) is 17.4. The van der Waals surface area contributed by atoms with Crippen molar-refractivity contribution in [3.8, 4) is 22.3 Å². The Hall–Kier alpha value is -6.38. The molecule has 0 saturated carbocycles. The summed E-state index contributed by atoms with van der Waals surface area (Å²) in [6, 6.07) is 65.1. The molecule has 0 fully saturated rings. The van der Waals surface area contributed by atoms with Gasteiger partial charge in [-0.2, -0.15) is 0 Å². The number of nitrogens with one attached hydrogen (secondary N) is 2. The largest absolute Gasteiger partial charge is 0.355 e. The summed E-state index contributed by atoms with van der Waals surface area (Å²) in [5.74, 6) is 0. The summed E-state index contributed by atoms with van der Waals surface area (Å²) in [5.41, 5.74) is 9.15. The summed E-state index contributed by atoms with van der Waals surface area (Å²) in [4.78, 5) is 0. The molecule has 2 N–H and O–H groups in total. The van der Waals surface area contributed by atoms with E-state index in [0.717, 1.165) is 22.7 Å². The molecule has 0 aliphatic heterocycles. The molecule has 0 aliphatic rings. The van der Waals surface area contributed by atoms with Gasteiger partial charge in [-0.1, -0.05) is 158 Å². The number of benzene rings is 9. The molecule has 2 heteroatoms. The molecule has 0 radical (unpaired) electrons. The van der Waals surface area contributed by atoms with E-state index in [0.29, 0.717) is 0 Å². The highest BCUT2D eigenvalue weighted by atomic mass is 14.9. The van der Waals surface area contributed by atoms with Crippen LogP contribution in [0.25, 0.3) is 65.3 Å². The molecule has 0 bridgehead atoms. The first kappa shape index (κ1) is 27.9. The van der Waals surface area contributed by atoms with Crippen molar-refractivity contribution in [1.82, 2.24) is 0 Å². The van der Waals surface area contributed by atoms with Gasteiger partial charge in [-0.15, -0.1) is 0 Å². The lowest BCUT2D eigenvalue weighted by Gasteiger charge is -2.22. The van der Waals surface area contributed by atoms with Crippen LogP contribution in [0, 0.1) is 0 Å². The van der Waals surface area contributed by atoms with E-state index in [4.69, 9.17) is 0 Å². The molecule has 9 aromatic rings. The van der Waals surface area contributed by atoms with E-state index in [2.05, 4.69) is 193 Å². The van der Waals surface area contributed by atoms with Gasteiger partial charge in [-0.05, 0) is 67.7 Å². The Morgan fingerprint density at radius 1 is 0.229 bits per heavy atom. The van der Waals surface area contributed by atoms with Gasteiger partial charge in [0.05, 0.1) is 0 Å². The van der Waals surface area contributed by atoms with Crippen LogP contribution >= 0.6 is 0 Å². The molecule has 0 saturated heterocycles. The fourth-order valence-electron chi connectivity index (χ4n) is 7.29. The van der Waals surface area contributed by atoms with Gasteiger partial charge in [0, 0.05) is 44.6 Å². The fourth-order valence-corrected chi connectivity index (χ4v) is 7.29. The molecule has 9 rings (SSSR count). The van der Waals surface area contributed by atoms with Gasteiger partial charge in [-0.3, -0.25) is 0 Å². The first-order valence-corrected chi connectivity index (χ1v) is 16.5. The zero-order valence-electron chi connectivity index (χ0n) is 26.3. The highest BCUT2D eigenvalue weighted by Crippen LogP contribution is 2.47. The lowest BCUT2D eigenvalue weighted by molar-refractivity contribution is 1.56. The predicted octanol–water partition coefficient (Wildman–Crippen LogP) is 13.1. The van der Waals surface area contributed by atoms with Crippen LogP contribution in [0.2, 0.25) is 0 Å². The van der Waals surface area contributed by atoms with Crippen LogP contribution in [0.15, 0.2) is 182 Å². The van der Waals surface area contributed by atoms with Crippen molar-refractivity contribution < 1.29 is 0 Å². The van der Waals surface area contributed by atoms with E-state index in [9.17, 15) is 0 Å². The fraction of sp³-hybridized carbons (Fsp3) is 0. The van der Waals surface area contributed by atoms with Gasteiger partial charge < -0.3 is 10.6 Å². The average Bonchev–Trinajstić information content (AvgIpc) is 3.15. The standard InChI is InChI=1S/C46H32N2/c1-3-19-33-31(15-1)17-13-29-41(33)47-43-27-11-9-25-39(43)45-35-21-5-7-23-37(35)46(38-24-8-6-22-36(38)45)40-26-10-12-28-44(40)48-42-30-14-18-32-16-2-4-20-34(32)42/h1-30,47-48H. The average molecular weight is 613 g/mol. The Balaban J connectivity index is 1.26. The molecule has 0 unspecified atom stereocenters. The highest BCUT2D eigenvalue weighted by molar-refractivity contribution is 6.23. The lowest BCUT2D eigenvalue weighted by Crippen LogP contribution is -1.98. The topological polar surface area (TPSA) is 24.1 Å². The third-order valence-corrected chi connectivity index (χ3v) is 9.44. The van der Waals surface area contributed by atoms with Gasteiger partial charge in [0.1, 0.15) is 0 Å². The maximum Gasteiger partial charge on any atom is 0.0464 e. The monoisotopic (exact) mass is 612 g/mol. The van der Waals surface area contributed by atoms with E-state index in [1.54, 1.807) is 0 Å². The van der Waals surface area contributed by atoms with Crippen molar-refractivity contribution in [3.05, 3.63) is 182 Å². The second kappa shape index (κ2) is 11.8. The molecule has 0 amide bonds. The molecule has 48 heavy (non-hydrogen) atoms. The van der Waals surface area contributed by atoms with Gasteiger partial charge >= 0.3 is 0 Å². The van der Waals surface area contributed by atoms with E-state index >= 15 is 0 Å². The summed E-state index contributed by atoms with van der Waals surface area (Å²) >= 11 is 0. The SMILES string of the molecule is c1ccc(-c2c3ccccc3c(-c3ccccc3Nc3cccc4ccccc34)c3ccccc23)c(Nc2cccc3ccccc23)c1. The van der Waals surface area contributed by atoms with Gasteiger partial charge in [0.2, 0.25) is 0 Å². The van der Waals surface area contributed by atoms with Crippen molar-refractivity contribution in [2.75, 3.05) is 10.6 Å². The second-order valence-corrected chi connectivity index (χ2v) is 12.2. The number of hydrogen-bond acceptors (Lipinski definition) is 2. The molecular formula is C46H32N2. The Kier molecular flexibility index (Phi) is 6.84. The third-order valence-electron chi connectivity index (χ3n) is 9.44. The van der Waals surface area contributed by atoms with Crippen LogP contribution in [-0.4, -0.2) is 0 Å². The number of rotatable bonds is 6. The van der Waals surface area contributed by atoms with Gasteiger partial charge in [-0.25, -0.2) is 0 Å². The first-order valence-electron chi connectivity index (χ1n) is 16.5. The Morgan fingerprint density at radius 3 is 0.938 bits per heavy atom. The van der Waals surface area contributed by atoms with E-state index < -0.39 is 0 Å². The molecule has 226 valence electrons. The third kappa shape index (κ3) is 4.74. The van der Waals surface area contributed by atoms with E-state index in [1.807, 2.05) is 0 Å². The molecule has 0 heterocycles. The van der Waals surface area contributed by atoms with Crippen molar-refractivity contribution >= 4 is 65.8 Å². The van der Waals surface area contributed by atoms with Crippen molar-refractivity contribution in [2.45, 2.75) is 0 Å². The van der Waals surface area contributed by atoms with Crippen LogP contribution < -0.4 is 10.6 Å². The molecule has 0 aromatic heterocycles. The summed E-state index contributed by atoms with van der Waals surface area (Å²) in [6.45, 7) is 0. The Labute approximate surface area is 279 Å². The minimum atomic E-state index is 1.08. The van der Waals surface area contributed by atoms with Gasteiger partial charge in [0.25, 0.3) is 0 Å². The highest BCUT2D eigenvalue weighted by Gasteiger charge is 2.20. The smallest absolute Gasteiger partial charge is 0.0464 e. The van der Waals surface area contributed by atoms with Crippen LogP contribution in [0.4, 0.5) is 22.7 Å². The number of para-hydroxylation sites is 2. The first-order chi connectivity index (χ1) is 23.8. The number of anilines is 4. The van der Waals surface area contributed by atoms with E-state index in [-0.39, 0.29) is 0 Å². The van der Waals surface area contributed by atoms with Crippen LogP contribution in [0.3, 0.4) is 0 Å². The zero-order chi connectivity index (χ0) is 31.9. The lowest BCUT2D eigenvalue weighted by atomic mass is 9.85. The van der Waals surface area contributed by atoms with Crippen molar-refractivity contribution in [2.24, 2.45) is 0 Å². The predicted molar refractivity (Wildman–Crippen MR) is 207 cm³/mol. The van der Waals surface area contributed by atoms with Crippen molar-refractivity contribution in [3.63, 3.8) is 0 Å². The van der Waals surface area contributed by atoms with Crippen molar-refractivity contribution in [1.29, 1.82) is 0 Å². The molecule has 0 aliphatic carbocycles.